The van der Waals surface area contributed by atoms with Crippen LogP contribution in [0, 0.1) is 11.3 Å². The summed E-state index contributed by atoms with van der Waals surface area (Å²) in [5.74, 6) is 0.742. The molecule has 13 heteroatoms. The minimum atomic E-state index is -3.55. The summed E-state index contributed by atoms with van der Waals surface area (Å²) in [6, 6.07) is 14.0. The van der Waals surface area contributed by atoms with Crippen LogP contribution >= 0.6 is 22.9 Å². The van der Waals surface area contributed by atoms with Gasteiger partial charge in [-0.25, -0.2) is 8.42 Å². The molecule has 0 unspecified atom stereocenters. The summed E-state index contributed by atoms with van der Waals surface area (Å²) >= 11 is 6.75. The number of benzene rings is 2. The minimum Gasteiger partial charge on any atom is -0.493 e. The molecule has 0 saturated carbocycles. The number of carbonyl (C=O) groups excluding carboxylic acids is 1. The van der Waals surface area contributed by atoms with Crippen molar-refractivity contribution in [3.05, 3.63) is 58.6 Å². The number of nitriles is 1. The standard InChI is InChI=1S/C23H21ClN4O6S2/c1-32-20-13-15(8-9-19(20)34-11-5-10-33-18-7-4-3-6-17(18)24)12-16(14-25)21(29)26-22-27-28-23(35-22)36(2,30)31/h3-4,6-9,12-13H,5,10-11H2,1-2H3,(H,26,27,29)/b16-12-. The van der Waals surface area contributed by atoms with Crippen molar-refractivity contribution in [1.29, 1.82) is 5.26 Å². The molecule has 0 atom stereocenters. The van der Waals surface area contributed by atoms with Gasteiger partial charge in [-0.2, -0.15) is 5.26 Å². The molecule has 0 radical (unpaired) electrons. The van der Waals surface area contributed by atoms with E-state index in [1.807, 2.05) is 18.2 Å². The molecular formula is C23H21ClN4O6S2. The van der Waals surface area contributed by atoms with Crippen molar-refractivity contribution in [1.82, 2.24) is 10.2 Å². The van der Waals surface area contributed by atoms with Gasteiger partial charge in [-0.15, -0.1) is 10.2 Å². The number of sulfone groups is 1. The Bertz CT molecular complexity index is 1420. The van der Waals surface area contributed by atoms with E-state index in [-0.39, 0.29) is 15.0 Å². The van der Waals surface area contributed by atoms with E-state index in [2.05, 4.69) is 15.5 Å². The maximum atomic E-state index is 12.5. The summed E-state index contributed by atoms with van der Waals surface area (Å²) in [6.45, 7) is 0.771. The predicted octanol–water partition coefficient (Wildman–Crippen LogP) is 4.00. The second kappa shape index (κ2) is 12.3. The van der Waals surface area contributed by atoms with Crippen molar-refractivity contribution in [3.63, 3.8) is 0 Å². The molecule has 0 bridgehead atoms. The van der Waals surface area contributed by atoms with Crippen LogP contribution in [0.25, 0.3) is 6.08 Å². The number of anilines is 1. The van der Waals surface area contributed by atoms with E-state index in [4.69, 9.17) is 25.8 Å². The lowest BCUT2D eigenvalue weighted by Crippen LogP contribution is -2.13. The highest BCUT2D eigenvalue weighted by Crippen LogP contribution is 2.29. The third-order valence-electron chi connectivity index (χ3n) is 4.45. The maximum absolute atomic E-state index is 12.5. The average Bonchev–Trinajstić information content (AvgIpc) is 3.33. The highest BCUT2D eigenvalue weighted by molar-refractivity contribution is 7.92. The number of para-hydroxylation sites is 1. The fraction of sp³-hybridized carbons (Fsp3) is 0.217. The zero-order valence-corrected chi connectivity index (χ0v) is 21.6. The van der Waals surface area contributed by atoms with Gasteiger partial charge in [0.05, 0.1) is 25.3 Å². The van der Waals surface area contributed by atoms with Gasteiger partial charge in [0.25, 0.3) is 5.91 Å². The SMILES string of the molecule is COc1cc(/C=C(/C#N)C(=O)Nc2nnc(S(C)(=O)=O)s2)ccc1OCCCOc1ccccc1Cl. The predicted molar refractivity (Wildman–Crippen MR) is 135 cm³/mol. The number of nitrogens with one attached hydrogen (secondary N) is 1. The fourth-order valence-electron chi connectivity index (χ4n) is 2.77. The van der Waals surface area contributed by atoms with Gasteiger partial charge in [0.2, 0.25) is 19.3 Å². The van der Waals surface area contributed by atoms with E-state index in [1.54, 1.807) is 30.3 Å². The number of amides is 1. The highest BCUT2D eigenvalue weighted by atomic mass is 35.5. The summed E-state index contributed by atoms with van der Waals surface area (Å²) in [5.41, 5.74) is 0.292. The summed E-state index contributed by atoms with van der Waals surface area (Å²) < 4.78 is 39.6. The number of ether oxygens (including phenoxy) is 3. The van der Waals surface area contributed by atoms with Crippen molar-refractivity contribution in [2.24, 2.45) is 0 Å². The zero-order valence-electron chi connectivity index (χ0n) is 19.2. The van der Waals surface area contributed by atoms with Crippen LogP contribution in [0.2, 0.25) is 5.02 Å². The molecule has 10 nitrogen and oxygen atoms in total. The summed E-state index contributed by atoms with van der Waals surface area (Å²) in [4.78, 5) is 12.5. The number of halogens is 1. The molecule has 188 valence electrons. The Morgan fingerprint density at radius 1 is 1.14 bits per heavy atom. The highest BCUT2D eigenvalue weighted by Gasteiger charge is 2.17. The van der Waals surface area contributed by atoms with Crippen LogP contribution in [0.3, 0.4) is 0 Å². The first-order chi connectivity index (χ1) is 17.2. The normalized spacial score (nSPS) is 11.4. The monoisotopic (exact) mass is 548 g/mol. The number of hydrogen-bond acceptors (Lipinski definition) is 10. The lowest BCUT2D eigenvalue weighted by Gasteiger charge is -2.12. The van der Waals surface area contributed by atoms with E-state index in [9.17, 15) is 18.5 Å². The summed E-state index contributed by atoms with van der Waals surface area (Å²) in [6.07, 6.45) is 2.94. The van der Waals surface area contributed by atoms with Crippen LogP contribution < -0.4 is 19.5 Å². The Morgan fingerprint density at radius 3 is 2.50 bits per heavy atom. The molecule has 0 spiro atoms. The topological polar surface area (TPSA) is 140 Å². The number of carbonyl (C=O) groups is 1. The van der Waals surface area contributed by atoms with E-state index >= 15 is 0 Å². The van der Waals surface area contributed by atoms with Crippen LogP contribution in [0.15, 0.2) is 52.4 Å². The molecule has 0 saturated heterocycles. The van der Waals surface area contributed by atoms with Crippen LogP contribution in [-0.4, -0.2) is 51.1 Å². The van der Waals surface area contributed by atoms with Crippen LogP contribution in [0.4, 0.5) is 5.13 Å². The first kappa shape index (κ1) is 26.9. The lowest BCUT2D eigenvalue weighted by atomic mass is 10.1. The molecule has 0 aliphatic heterocycles. The molecule has 0 fully saturated rings. The number of nitrogens with zero attached hydrogens (tertiary/aromatic N) is 3. The molecule has 1 aromatic heterocycles. The van der Waals surface area contributed by atoms with Gasteiger partial charge in [0.1, 0.15) is 17.4 Å². The molecule has 1 heterocycles. The van der Waals surface area contributed by atoms with Crippen LogP contribution in [0.5, 0.6) is 17.2 Å². The smallest absolute Gasteiger partial charge is 0.268 e. The Kier molecular flexibility index (Phi) is 9.24. The van der Waals surface area contributed by atoms with Gasteiger partial charge in [0, 0.05) is 12.7 Å². The van der Waals surface area contributed by atoms with Gasteiger partial charge < -0.3 is 14.2 Å². The first-order valence-electron chi connectivity index (χ1n) is 10.4. The second-order valence-corrected chi connectivity index (χ2v) is 10.7. The molecule has 0 aliphatic carbocycles. The van der Waals surface area contributed by atoms with Gasteiger partial charge in [-0.3, -0.25) is 10.1 Å². The lowest BCUT2D eigenvalue weighted by molar-refractivity contribution is -0.112. The quantitative estimate of drug-likeness (QED) is 0.163. The van der Waals surface area contributed by atoms with Gasteiger partial charge in [-0.05, 0) is 35.9 Å². The summed E-state index contributed by atoms with van der Waals surface area (Å²) in [7, 11) is -2.08. The molecule has 2 aromatic carbocycles. The van der Waals surface area contributed by atoms with Crippen molar-refractivity contribution >= 4 is 49.9 Å². The van der Waals surface area contributed by atoms with Gasteiger partial charge in [-0.1, -0.05) is 41.1 Å². The van der Waals surface area contributed by atoms with Gasteiger partial charge >= 0.3 is 0 Å². The van der Waals surface area contributed by atoms with Crippen molar-refractivity contribution in [2.75, 3.05) is 31.9 Å². The second-order valence-electron chi connectivity index (χ2n) is 7.16. The third-order valence-corrected chi connectivity index (χ3v) is 7.27. The van der Waals surface area contributed by atoms with E-state index in [0.717, 1.165) is 6.26 Å². The molecule has 0 aliphatic rings. The zero-order chi connectivity index (χ0) is 26.1. The van der Waals surface area contributed by atoms with Crippen molar-refractivity contribution in [3.8, 4) is 23.3 Å². The van der Waals surface area contributed by atoms with Gasteiger partial charge in [0.15, 0.2) is 11.5 Å². The molecule has 36 heavy (non-hydrogen) atoms. The van der Waals surface area contributed by atoms with Crippen LogP contribution in [0.1, 0.15) is 12.0 Å². The van der Waals surface area contributed by atoms with Crippen LogP contribution in [-0.2, 0) is 14.6 Å². The maximum Gasteiger partial charge on any atom is 0.268 e. The molecule has 1 amide bonds. The molecule has 3 rings (SSSR count). The Labute approximate surface area is 217 Å². The number of rotatable bonds is 11. The van der Waals surface area contributed by atoms with E-state index in [0.29, 0.717) is 58.8 Å². The number of aromatic nitrogens is 2. The minimum absolute atomic E-state index is 0.0404. The average molecular weight is 549 g/mol. The van der Waals surface area contributed by atoms with Crippen molar-refractivity contribution < 1.29 is 27.4 Å². The fourth-order valence-corrected chi connectivity index (χ4v) is 4.46. The Balaban J connectivity index is 1.60. The van der Waals surface area contributed by atoms with E-state index in [1.165, 1.54) is 13.2 Å². The Hall–Kier alpha value is -3.66. The summed E-state index contributed by atoms with van der Waals surface area (Å²) in [5, 5.41) is 19.4. The largest absolute Gasteiger partial charge is 0.493 e. The number of methoxy groups -OCH3 is 1. The van der Waals surface area contributed by atoms with E-state index < -0.39 is 15.7 Å². The number of hydrogen-bond donors (Lipinski definition) is 1. The Morgan fingerprint density at radius 2 is 1.86 bits per heavy atom. The third kappa shape index (κ3) is 7.42. The van der Waals surface area contributed by atoms with Crippen molar-refractivity contribution in [2.45, 2.75) is 10.8 Å². The molecule has 1 N–H and O–H groups in total. The molecule has 3 aromatic rings. The molecular weight excluding hydrogens is 528 g/mol. The first-order valence-corrected chi connectivity index (χ1v) is 13.4.